The van der Waals surface area contributed by atoms with Gasteiger partial charge in [-0.05, 0) is 51.6 Å². The molecule has 0 amide bonds. The number of hydrogen-bond acceptors (Lipinski definition) is 3. The minimum absolute atomic E-state index is 0.463. The van der Waals surface area contributed by atoms with Crippen molar-refractivity contribution in [3.05, 3.63) is 35.7 Å². The molecule has 0 aromatic carbocycles. The number of likely N-dealkylation sites (tertiary alicyclic amines) is 1. The molecule has 0 saturated carbocycles. The fourth-order valence-corrected chi connectivity index (χ4v) is 2.61. The van der Waals surface area contributed by atoms with Crippen molar-refractivity contribution >= 4 is 0 Å². The Labute approximate surface area is 107 Å². The number of aryl methyl sites for hydroxylation is 1. The molecule has 1 saturated heterocycles. The van der Waals surface area contributed by atoms with Crippen LogP contribution < -0.4 is 0 Å². The molecule has 3 heterocycles. The normalized spacial score (nSPS) is 20.4. The van der Waals surface area contributed by atoms with Crippen LogP contribution in [0.25, 0.3) is 11.4 Å². The lowest BCUT2D eigenvalue weighted by Gasteiger charge is -2.18. The van der Waals surface area contributed by atoms with Gasteiger partial charge >= 0.3 is 0 Å². The minimum atomic E-state index is 0.463. The van der Waals surface area contributed by atoms with Crippen LogP contribution in [0.2, 0.25) is 0 Å². The SMILES string of the molecule is Cc1cc(-c2cccc([C@H]3CCCN3C)n2)n[nH]1. The van der Waals surface area contributed by atoms with E-state index in [4.69, 9.17) is 4.98 Å². The van der Waals surface area contributed by atoms with Gasteiger partial charge < -0.3 is 0 Å². The molecule has 4 nitrogen and oxygen atoms in total. The first-order valence-corrected chi connectivity index (χ1v) is 6.43. The molecule has 1 aliphatic heterocycles. The van der Waals surface area contributed by atoms with E-state index in [1.807, 2.05) is 19.1 Å². The number of aromatic amines is 1. The standard InChI is InChI=1S/C14H18N4/c1-10-9-13(17-16-10)11-5-3-6-12(15-11)14-7-4-8-18(14)2/h3,5-6,9,14H,4,7-8H2,1-2H3,(H,16,17)/t14-/m1/s1. The Bertz CT molecular complexity index is 546. The van der Waals surface area contributed by atoms with Crippen LogP contribution in [0.1, 0.15) is 30.3 Å². The van der Waals surface area contributed by atoms with Crippen LogP contribution in [0.4, 0.5) is 0 Å². The van der Waals surface area contributed by atoms with Crippen LogP contribution >= 0.6 is 0 Å². The van der Waals surface area contributed by atoms with Gasteiger partial charge in [-0.25, -0.2) is 4.98 Å². The maximum absolute atomic E-state index is 4.76. The Morgan fingerprint density at radius 3 is 2.89 bits per heavy atom. The van der Waals surface area contributed by atoms with Crippen LogP contribution in [0, 0.1) is 6.92 Å². The van der Waals surface area contributed by atoms with E-state index in [1.165, 1.54) is 12.8 Å². The molecule has 0 bridgehead atoms. The van der Waals surface area contributed by atoms with Gasteiger partial charge in [0.1, 0.15) is 5.69 Å². The van der Waals surface area contributed by atoms with Crippen LogP contribution in [0.15, 0.2) is 24.3 Å². The Hall–Kier alpha value is -1.68. The van der Waals surface area contributed by atoms with E-state index in [-0.39, 0.29) is 0 Å². The zero-order valence-electron chi connectivity index (χ0n) is 10.8. The molecule has 3 rings (SSSR count). The fourth-order valence-electron chi connectivity index (χ4n) is 2.61. The van der Waals surface area contributed by atoms with Gasteiger partial charge in [0.25, 0.3) is 0 Å². The molecule has 94 valence electrons. The third-order valence-electron chi connectivity index (χ3n) is 3.60. The number of pyridine rings is 1. The first kappa shape index (κ1) is 11.4. The second kappa shape index (κ2) is 4.53. The lowest BCUT2D eigenvalue weighted by atomic mass is 10.1. The maximum atomic E-state index is 4.76. The molecule has 4 heteroatoms. The third kappa shape index (κ3) is 2.04. The van der Waals surface area contributed by atoms with Crippen LogP contribution in [-0.4, -0.2) is 33.7 Å². The van der Waals surface area contributed by atoms with Gasteiger partial charge in [0.2, 0.25) is 0 Å². The number of aromatic nitrogens is 3. The molecule has 2 aromatic heterocycles. The smallest absolute Gasteiger partial charge is 0.111 e. The van der Waals surface area contributed by atoms with Crippen molar-refractivity contribution in [3.63, 3.8) is 0 Å². The third-order valence-corrected chi connectivity index (χ3v) is 3.60. The number of nitrogens with zero attached hydrogens (tertiary/aromatic N) is 3. The van der Waals surface area contributed by atoms with Crippen molar-refractivity contribution in [2.45, 2.75) is 25.8 Å². The summed E-state index contributed by atoms with van der Waals surface area (Å²) in [5, 5.41) is 7.24. The van der Waals surface area contributed by atoms with Crippen molar-refractivity contribution in [2.24, 2.45) is 0 Å². The summed E-state index contributed by atoms with van der Waals surface area (Å²) in [6, 6.07) is 8.71. The molecule has 0 aliphatic carbocycles. The molecule has 1 fully saturated rings. The van der Waals surface area contributed by atoms with E-state index in [9.17, 15) is 0 Å². The van der Waals surface area contributed by atoms with E-state index in [1.54, 1.807) is 0 Å². The van der Waals surface area contributed by atoms with Crippen LogP contribution in [-0.2, 0) is 0 Å². The lowest BCUT2D eigenvalue weighted by Crippen LogP contribution is -2.18. The number of nitrogens with one attached hydrogen (secondary N) is 1. The summed E-state index contributed by atoms with van der Waals surface area (Å²) in [6.07, 6.45) is 2.46. The van der Waals surface area contributed by atoms with Gasteiger partial charge in [-0.1, -0.05) is 6.07 Å². The second-order valence-electron chi connectivity index (χ2n) is 5.02. The van der Waals surface area contributed by atoms with Gasteiger partial charge in [0.05, 0.1) is 17.4 Å². The highest BCUT2D eigenvalue weighted by molar-refractivity contribution is 5.54. The summed E-state index contributed by atoms with van der Waals surface area (Å²) in [5.41, 5.74) is 4.11. The Morgan fingerprint density at radius 2 is 2.22 bits per heavy atom. The predicted octanol–water partition coefficient (Wildman–Crippen LogP) is 2.55. The van der Waals surface area contributed by atoms with Gasteiger partial charge in [0.15, 0.2) is 0 Å². The van der Waals surface area contributed by atoms with Crippen LogP contribution in [0.5, 0.6) is 0 Å². The van der Waals surface area contributed by atoms with Gasteiger partial charge in [-0.2, -0.15) is 5.10 Å². The molecule has 0 unspecified atom stereocenters. The van der Waals surface area contributed by atoms with E-state index < -0.39 is 0 Å². The predicted molar refractivity (Wildman–Crippen MR) is 71.2 cm³/mol. The summed E-state index contributed by atoms with van der Waals surface area (Å²) in [4.78, 5) is 7.14. The van der Waals surface area contributed by atoms with Gasteiger partial charge in [-0.15, -0.1) is 0 Å². The largest absolute Gasteiger partial charge is 0.298 e. The Morgan fingerprint density at radius 1 is 1.33 bits per heavy atom. The van der Waals surface area contributed by atoms with E-state index in [2.05, 4.69) is 34.3 Å². The average Bonchev–Trinajstić information content (AvgIpc) is 2.98. The highest BCUT2D eigenvalue weighted by Gasteiger charge is 2.23. The second-order valence-corrected chi connectivity index (χ2v) is 5.02. The summed E-state index contributed by atoms with van der Waals surface area (Å²) in [5.74, 6) is 0. The fraction of sp³-hybridized carbons (Fsp3) is 0.429. The summed E-state index contributed by atoms with van der Waals surface area (Å²) >= 11 is 0. The molecule has 1 N–H and O–H groups in total. The molecule has 2 aromatic rings. The minimum Gasteiger partial charge on any atom is -0.298 e. The number of H-pyrrole nitrogens is 1. The van der Waals surface area contributed by atoms with Crippen molar-refractivity contribution in [1.82, 2.24) is 20.1 Å². The van der Waals surface area contributed by atoms with Crippen molar-refractivity contribution in [1.29, 1.82) is 0 Å². The maximum Gasteiger partial charge on any atom is 0.111 e. The monoisotopic (exact) mass is 242 g/mol. The molecular weight excluding hydrogens is 224 g/mol. The number of hydrogen-bond donors (Lipinski definition) is 1. The zero-order chi connectivity index (χ0) is 12.5. The summed E-state index contributed by atoms with van der Waals surface area (Å²) in [6.45, 7) is 3.17. The molecule has 18 heavy (non-hydrogen) atoms. The van der Waals surface area contributed by atoms with Gasteiger partial charge in [-0.3, -0.25) is 10.00 Å². The topological polar surface area (TPSA) is 44.8 Å². The van der Waals surface area contributed by atoms with Crippen molar-refractivity contribution in [2.75, 3.05) is 13.6 Å². The lowest BCUT2D eigenvalue weighted by molar-refractivity contribution is 0.312. The van der Waals surface area contributed by atoms with E-state index in [0.717, 1.165) is 29.3 Å². The first-order valence-electron chi connectivity index (χ1n) is 6.43. The molecular formula is C14H18N4. The van der Waals surface area contributed by atoms with E-state index in [0.29, 0.717) is 6.04 Å². The quantitative estimate of drug-likeness (QED) is 0.880. The zero-order valence-corrected chi connectivity index (χ0v) is 10.8. The molecule has 0 radical (unpaired) electrons. The van der Waals surface area contributed by atoms with Crippen LogP contribution in [0.3, 0.4) is 0 Å². The Kier molecular flexibility index (Phi) is 2.88. The van der Waals surface area contributed by atoms with Crippen molar-refractivity contribution < 1.29 is 0 Å². The molecule has 0 spiro atoms. The average molecular weight is 242 g/mol. The van der Waals surface area contributed by atoms with Crippen molar-refractivity contribution in [3.8, 4) is 11.4 Å². The number of rotatable bonds is 2. The Balaban J connectivity index is 1.94. The highest BCUT2D eigenvalue weighted by atomic mass is 15.2. The van der Waals surface area contributed by atoms with Gasteiger partial charge in [0, 0.05) is 5.69 Å². The highest BCUT2D eigenvalue weighted by Crippen LogP contribution is 2.30. The first-order chi connectivity index (χ1) is 8.74. The molecule has 1 aliphatic rings. The molecule has 1 atom stereocenters. The van der Waals surface area contributed by atoms with E-state index >= 15 is 0 Å². The summed E-state index contributed by atoms with van der Waals surface area (Å²) in [7, 11) is 2.17. The summed E-state index contributed by atoms with van der Waals surface area (Å²) < 4.78 is 0.